The van der Waals surface area contributed by atoms with Crippen molar-refractivity contribution < 1.29 is 47.9 Å². The molecule has 4 heterocycles. The van der Waals surface area contributed by atoms with E-state index in [0.717, 1.165) is 43.5 Å². The molecule has 1 aliphatic carbocycles. The van der Waals surface area contributed by atoms with Gasteiger partial charge in [0.15, 0.2) is 23.2 Å². The quantitative estimate of drug-likeness (QED) is 0.270. The molecule has 3 aliphatic heterocycles. The highest BCUT2D eigenvalue weighted by Crippen LogP contribution is 2.55. The number of ether oxygens (including phenoxy) is 6. The molecular formula is C34H42N2O10S. The number of hydrogen-bond donors (Lipinski definition) is 1. The van der Waals surface area contributed by atoms with Crippen molar-refractivity contribution in [2.75, 3.05) is 34.1 Å². The maximum absolute atomic E-state index is 14.1. The minimum Gasteiger partial charge on any atom is -0.497 e. The van der Waals surface area contributed by atoms with E-state index in [1.807, 2.05) is 12.1 Å². The highest BCUT2D eigenvalue weighted by atomic mass is 32.1. The van der Waals surface area contributed by atoms with Crippen molar-refractivity contribution in [3.8, 4) is 11.5 Å². The summed E-state index contributed by atoms with van der Waals surface area (Å²) in [6.07, 6.45) is 3.63. The van der Waals surface area contributed by atoms with Crippen LogP contribution in [0, 0.1) is 6.92 Å². The Labute approximate surface area is 277 Å². The lowest BCUT2D eigenvalue weighted by atomic mass is 9.77. The lowest BCUT2D eigenvalue weighted by Gasteiger charge is -2.39. The molecule has 6 rings (SSSR count). The van der Waals surface area contributed by atoms with Gasteiger partial charge in [-0.2, -0.15) is 0 Å². The highest BCUT2D eigenvalue weighted by molar-refractivity contribution is 7.11. The number of rotatable bonds is 11. The lowest BCUT2D eigenvalue weighted by Crippen LogP contribution is -2.49. The molecule has 1 aromatic carbocycles. The van der Waals surface area contributed by atoms with Gasteiger partial charge in [0.05, 0.1) is 43.3 Å². The Kier molecular flexibility index (Phi) is 9.00. The van der Waals surface area contributed by atoms with E-state index in [1.54, 1.807) is 33.4 Å². The van der Waals surface area contributed by atoms with Crippen LogP contribution in [0.15, 0.2) is 29.5 Å². The Morgan fingerprint density at radius 3 is 2.62 bits per heavy atom. The van der Waals surface area contributed by atoms with Crippen molar-refractivity contribution >= 4 is 29.2 Å². The molecule has 0 radical (unpaired) electrons. The first-order valence-electron chi connectivity index (χ1n) is 16.0. The highest BCUT2D eigenvalue weighted by Gasteiger charge is 2.59. The number of fused-ring (bicyclic) bond motifs is 3. The van der Waals surface area contributed by atoms with Crippen molar-refractivity contribution in [3.05, 3.63) is 51.2 Å². The van der Waals surface area contributed by atoms with E-state index < -0.39 is 47.2 Å². The summed E-state index contributed by atoms with van der Waals surface area (Å²) in [5.74, 6) is -0.707. The Balaban J connectivity index is 1.24. The average Bonchev–Trinajstić information content (AvgIpc) is 3.81. The number of hydrogen-bond acceptors (Lipinski definition) is 13. The fourth-order valence-electron chi connectivity index (χ4n) is 7.55. The normalized spacial score (nSPS) is 24.3. The van der Waals surface area contributed by atoms with Crippen molar-refractivity contribution in [2.45, 2.75) is 94.5 Å². The third-order valence-electron chi connectivity index (χ3n) is 9.91. The van der Waals surface area contributed by atoms with Gasteiger partial charge in [-0.05, 0) is 95.2 Å². The van der Waals surface area contributed by atoms with Crippen LogP contribution in [0.5, 0.6) is 11.5 Å². The Morgan fingerprint density at radius 2 is 1.91 bits per heavy atom. The largest absolute Gasteiger partial charge is 0.497 e. The average molecular weight is 671 g/mol. The van der Waals surface area contributed by atoms with E-state index in [4.69, 9.17) is 28.4 Å². The van der Waals surface area contributed by atoms with Gasteiger partial charge in [0.25, 0.3) is 0 Å². The van der Waals surface area contributed by atoms with Crippen LogP contribution in [-0.2, 0) is 35.0 Å². The number of nitrogens with zero attached hydrogens (tertiary/aromatic N) is 2. The number of methoxy groups -OCH3 is 2. The molecule has 1 spiro atoms. The zero-order valence-corrected chi connectivity index (χ0v) is 28.3. The fraction of sp³-hybridized carbons (Fsp3) is 0.588. The molecule has 254 valence electrons. The first kappa shape index (κ1) is 33.2. The van der Waals surface area contributed by atoms with Gasteiger partial charge in [-0.25, -0.2) is 14.6 Å². The van der Waals surface area contributed by atoms with E-state index in [0.29, 0.717) is 34.3 Å². The molecular weight excluding hydrogens is 628 g/mol. The lowest BCUT2D eigenvalue weighted by molar-refractivity contribution is -0.178. The number of aryl methyl sites for hydroxylation is 1. The second-order valence-corrected chi connectivity index (χ2v) is 14.2. The fourth-order valence-corrected chi connectivity index (χ4v) is 8.22. The van der Waals surface area contributed by atoms with Gasteiger partial charge >= 0.3 is 17.9 Å². The topological polar surface area (TPSA) is 143 Å². The smallest absolute Gasteiger partial charge is 0.350 e. The molecule has 1 aromatic heterocycles. The molecule has 0 bridgehead atoms. The second-order valence-electron chi connectivity index (χ2n) is 13.3. The number of benzene rings is 1. The van der Waals surface area contributed by atoms with Gasteiger partial charge in [-0.3, -0.25) is 9.69 Å². The minimum atomic E-state index is -2.20. The number of aromatic nitrogens is 1. The van der Waals surface area contributed by atoms with Crippen LogP contribution in [0.4, 0.5) is 0 Å². The van der Waals surface area contributed by atoms with Gasteiger partial charge in [-0.1, -0.05) is 0 Å². The Bertz CT molecular complexity index is 1590. The molecule has 0 unspecified atom stereocenters. The number of esters is 3. The van der Waals surface area contributed by atoms with Crippen molar-refractivity contribution in [1.29, 1.82) is 0 Å². The van der Waals surface area contributed by atoms with Gasteiger partial charge in [0.1, 0.15) is 16.2 Å². The predicted molar refractivity (Wildman–Crippen MR) is 169 cm³/mol. The van der Waals surface area contributed by atoms with Crippen molar-refractivity contribution in [3.63, 3.8) is 0 Å². The molecule has 4 atom stereocenters. The molecule has 4 aliphatic rings. The predicted octanol–water partition coefficient (Wildman–Crippen LogP) is 4.21. The van der Waals surface area contributed by atoms with E-state index in [2.05, 4.69) is 16.0 Å². The second kappa shape index (κ2) is 12.7. The van der Waals surface area contributed by atoms with Gasteiger partial charge in [0.2, 0.25) is 6.79 Å². The van der Waals surface area contributed by atoms with Gasteiger partial charge in [0, 0.05) is 6.54 Å². The van der Waals surface area contributed by atoms with Gasteiger partial charge in [-0.15, -0.1) is 11.3 Å². The van der Waals surface area contributed by atoms with Crippen LogP contribution in [0.2, 0.25) is 0 Å². The van der Waals surface area contributed by atoms with Gasteiger partial charge < -0.3 is 33.5 Å². The van der Waals surface area contributed by atoms with E-state index in [-0.39, 0.29) is 25.6 Å². The van der Waals surface area contributed by atoms with Crippen LogP contribution in [0.1, 0.15) is 84.8 Å². The number of carbonyl (C=O) groups is 3. The molecule has 1 saturated heterocycles. The molecule has 0 amide bonds. The van der Waals surface area contributed by atoms with E-state index >= 15 is 0 Å². The third kappa shape index (κ3) is 6.20. The van der Waals surface area contributed by atoms with E-state index in [9.17, 15) is 19.5 Å². The van der Waals surface area contributed by atoms with Crippen LogP contribution in [-0.4, -0.2) is 89.8 Å². The summed E-state index contributed by atoms with van der Waals surface area (Å²) >= 11 is 1.20. The number of thiazole rings is 1. The standard InChI is InChI=1S/C34H42N2O10S/c1-20-29(47-18-35-20)30(38)46-32(2,3)9-6-11-34(40,17-26(37)42-5)31(39)45-28-25(41-4)16-33-10-7-12-36(33)13-8-21-14-23-24(44-19-43-23)15-22(21)27(28)33/h14-16,18,27-28,40H,6-13,17,19H2,1-5H3/t27-,28-,33+,34-/m1/s1. The summed E-state index contributed by atoms with van der Waals surface area (Å²) < 4.78 is 34.1. The van der Waals surface area contributed by atoms with Crippen molar-refractivity contribution in [2.24, 2.45) is 0 Å². The van der Waals surface area contributed by atoms with E-state index in [1.165, 1.54) is 18.4 Å². The van der Waals surface area contributed by atoms with Crippen LogP contribution in [0.3, 0.4) is 0 Å². The Hall–Kier alpha value is -3.68. The molecule has 1 N–H and O–H groups in total. The number of aliphatic hydroxyl groups is 1. The molecule has 12 nitrogen and oxygen atoms in total. The molecule has 13 heteroatoms. The molecule has 0 saturated carbocycles. The summed E-state index contributed by atoms with van der Waals surface area (Å²) in [6.45, 7) is 7.10. The summed E-state index contributed by atoms with van der Waals surface area (Å²) in [4.78, 5) is 46.3. The monoisotopic (exact) mass is 670 g/mol. The third-order valence-corrected chi connectivity index (χ3v) is 10.8. The zero-order chi connectivity index (χ0) is 33.6. The maximum Gasteiger partial charge on any atom is 0.350 e. The Morgan fingerprint density at radius 1 is 1.15 bits per heavy atom. The van der Waals surface area contributed by atoms with Crippen LogP contribution >= 0.6 is 11.3 Å². The molecule has 2 aromatic rings. The minimum absolute atomic E-state index is 0.128. The molecule has 1 fully saturated rings. The summed E-state index contributed by atoms with van der Waals surface area (Å²) in [5, 5.41) is 11.8. The summed E-state index contributed by atoms with van der Waals surface area (Å²) in [5.41, 5.74) is 0.654. The SMILES string of the molecule is COC(=O)C[C@](O)(CCCC(C)(C)OC(=O)c1scnc1C)C(=O)O[C@@H]1C(OC)=C[C@]23CCCN2CCc2cc4c(cc2[C@H]13)OCO4. The molecule has 47 heavy (non-hydrogen) atoms. The summed E-state index contributed by atoms with van der Waals surface area (Å²) in [7, 11) is 2.75. The summed E-state index contributed by atoms with van der Waals surface area (Å²) in [6, 6.07) is 3.99. The zero-order valence-electron chi connectivity index (χ0n) is 27.5. The maximum atomic E-state index is 14.1. The first-order chi connectivity index (χ1) is 22.4. The van der Waals surface area contributed by atoms with Crippen LogP contribution < -0.4 is 9.47 Å². The first-order valence-corrected chi connectivity index (χ1v) is 16.9. The van der Waals surface area contributed by atoms with Crippen molar-refractivity contribution in [1.82, 2.24) is 9.88 Å². The van der Waals surface area contributed by atoms with Crippen LogP contribution in [0.25, 0.3) is 0 Å². The number of carbonyl (C=O) groups excluding carboxylic acids is 3.